The normalized spacial score (nSPS) is 11.0. The molecule has 0 atom stereocenters. The van der Waals surface area contributed by atoms with Crippen LogP contribution in [0.3, 0.4) is 0 Å². The molecule has 0 saturated heterocycles. The molecule has 2 aromatic carbocycles. The predicted octanol–water partition coefficient (Wildman–Crippen LogP) is 3.25. The van der Waals surface area contributed by atoms with E-state index < -0.39 is 0 Å². The molecule has 112 valence electrons. The Balaban J connectivity index is 1.97. The first-order valence-corrected chi connectivity index (χ1v) is 8.69. The minimum atomic E-state index is -0.284. The summed E-state index contributed by atoms with van der Waals surface area (Å²) in [4.78, 5) is 17.1. The fraction of sp³-hybridized carbons (Fsp3) is 0. The number of aromatic nitrogens is 2. The fourth-order valence-electron chi connectivity index (χ4n) is 2.53. The van der Waals surface area contributed by atoms with E-state index in [2.05, 4.69) is 4.98 Å². The number of fused-ring (bicyclic) bond motifs is 1. The van der Waals surface area contributed by atoms with Crippen molar-refractivity contribution in [3.8, 4) is 16.9 Å². The van der Waals surface area contributed by atoms with E-state index in [1.54, 1.807) is 21.9 Å². The molecule has 0 fully saturated rings. The molecular formula is C18H11FN2OSe. The first-order chi connectivity index (χ1) is 11.2. The van der Waals surface area contributed by atoms with E-state index in [1.807, 2.05) is 36.4 Å². The van der Waals surface area contributed by atoms with Gasteiger partial charge in [-0.15, -0.1) is 0 Å². The summed E-state index contributed by atoms with van der Waals surface area (Å²) in [6, 6.07) is 17.6. The van der Waals surface area contributed by atoms with Crippen molar-refractivity contribution in [2.75, 3.05) is 0 Å². The van der Waals surface area contributed by atoms with Crippen molar-refractivity contribution in [1.29, 1.82) is 0 Å². The minimum absolute atomic E-state index is 0.0253. The Kier molecular flexibility index (Phi) is 3.45. The van der Waals surface area contributed by atoms with Crippen LogP contribution in [0.5, 0.6) is 0 Å². The van der Waals surface area contributed by atoms with Crippen LogP contribution in [0.25, 0.3) is 26.6 Å². The molecular weight excluding hydrogens is 358 g/mol. The number of rotatable bonds is 2. The SMILES string of the molecule is O=c1c2ccccc2[se]n1-c1ncccc1-c1ccc(F)cc1. The summed E-state index contributed by atoms with van der Waals surface area (Å²) < 4.78 is 16.0. The molecule has 23 heavy (non-hydrogen) atoms. The number of benzene rings is 2. The van der Waals surface area contributed by atoms with E-state index in [0.717, 1.165) is 20.8 Å². The van der Waals surface area contributed by atoms with Crippen molar-refractivity contribution in [3.63, 3.8) is 0 Å². The summed E-state index contributed by atoms with van der Waals surface area (Å²) in [5.74, 6) is 0.341. The summed E-state index contributed by atoms with van der Waals surface area (Å²) >= 11 is -0.142. The molecule has 0 N–H and O–H groups in total. The molecule has 0 aliphatic carbocycles. The zero-order valence-electron chi connectivity index (χ0n) is 11.9. The van der Waals surface area contributed by atoms with Gasteiger partial charge in [-0.2, -0.15) is 0 Å². The van der Waals surface area contributed by atoms with Crippen LogP contribution >= 0.6 is 0 Å². The van der Waals surface area contributed by atoms with Crippen molar-refractivity contribution < 1.29 is 4.39 Å². The molecule has 3 nitrogen and oxygen atoms in total. The van der Waals surface area contributed by atoms with E-state index in [9.17, 15) is 9.18 Å². The van der Waals surface area contributed by atoms with Crippen LogP contribution in [0.4, 0.5) is 4.39 Å². The summed E-state index contributed by atoms with van der Waals surface area (Å²) in [6.07, 6.45) is 1.68. The molecule has 0 unspecified atom stereocenters. The third-order valence-corrected chi connectivity index (χ3v) is 5.88. The first kappa shape index (κ1) is 14.1. The van der Waals surface area contributed by atoms with Gasteiger partial charge in [0.2, 0.25) is 0 Å². The molecule has 0 saturated carbocycles. The predicted molar refractivity (Wildman–Crippen MR) is 89.7 cm³/mol. The third kappa shape index (κ3) is 2.44. The standard InChI is InChI=1S/C18H11FN2OSe/c19-13-9-7-12(8-10-13)14-5-3-11-20-17(14)21-18(22)15-4-1-2-6-16(15)23-21/h1-11H. The topological polar surface area (TPSA) is 34.9 Å². The Morgan fingerprint density at radius 2 is 1.74 bits per heavy atom. The van der Waals surface area contributed by atoms with E-state index >= 15 is 0 Å². The molecule has 0 spiro atoms. The Morgan fingerprint density at radius 3 is 2.52 bits per heavy atom. The Hall–Kier alpha value is -2.49. The van der Waals surface area contributed by atoms with Crippen LogP contribution < -0.4 is 5.56 Å². The van der Waals surface area contributed by atoms with Gasteiger partial charge in [0.15, 0.2) is 0 Å². The zero-order chi connectivity index (χ0) is 15.8. The number of hydrogen-bond acceptors (Lipinski definition) is 2. The van der Waals surface area contributed by atoms with Crippen LogP contribution in [0.1, 0.15) is 0 Å². The van der Waals surface area contributed by atoms with E-state index in [4.69, 9.17) is 0 Å². The van der Waals surface area contributed by atoms with Crippen molar-refractivity contribution >= 4 is 24.4 Å². The van der Waals surface area contributed by atoms with Crippen molar-refractivity contribution in [2.45, 2.75) is 0 Å². The maximum absolute atomic E-state index is 13.2. The Morgan fingerprint density at radius 1 is 0.957 bits per heavy atom. The first-order valence-electron chi connectivity index (χ1n) is 7.06. The summed E-state index contributed by atoms with van der Waals surface area (Å²) in [6.45, 7) is 0. The van der Waals surface area contributed by atoms with E-state index in [0.29, 0.717) is 5.82 Å². The molecule has 0 aliphatic heterocycles. The van der Waals surface area contributed by atoms with Gasteiger partial charge in [-0.1, -0.05) is 0 Å². The second-order valence-electron chi connectivity index (χ2n) is 5.07. The number of pyridine rings is 1. The van der Waals surface area contributed by atoms with Crippen molar-refractivity contribution in [2.24, 2.45) is 0 Å². The fourth-order valence-corrected chi connectivity index (χ4v) is 4.63. The molecule has 2 heterocycles. The van der Waals surface area contributed by atoms with Crippen LogP contribution in [0, 0.1) is 5.82 Å². The second-order valence-corrected chi connectivity index (χ2v) is 7.14. The van der Waals surface area contributed by atoms with Gasteiger partial charge in [-0.25, -0.2) is 0 Å². The van der Waals surface area contributed by atoms with Crippen LogP contribution in [0.2, 0.25) is 0 Å². The van der Waals surface area contributed by atoms with Crippen LogP contribution in [-0.2, 0) is 0 Å². The van der Waals surface area contributed by atoms with Gasteiger partial charge in [0, 0.05) is 0 Å². The van der Waals surface area contributed by atoms with Gasteiger partial charge in [0.25, 0.3) is 0 Å². The van der Waals surface area contributed by atoms with Crippen LogP contribution in [0.15, 0.2) is 71.7 Å². The third-order valence-electron chi connectivity index (χ3n) is 3.63. The monoisotopic (exact) mass is 370 g/mol. The second kappa shape index (κ2) is 5.61. The van der Waals surface area contributed by atoms with Gasteiger partial charge in [0.05, 0.1) is 0 Å². The molecule has 2 aromatic heterocycles. The molecule has 4 aromatic rings. The molecule has 0 radical (unpaired) electrons. The van der Waals surface area contributed by atoms with Crippen molar-refractivity contribution in [3.05, 3.63) is 83.0 Å². The molecule has 0 aliphatic rings. The van der Waals surface area contributed by atoms with Gasteiger partial charge in [-0.05, 0) is 0 Å². The van der Waals surface area contributed by atoms with Crippen molar-refractivity contribution in [1.82, 2.24) is 8.55 Å². The average molecular weight is 369 g/mol. The zero-order valence-corrected chi connectivity index (χ0v) is 13.7. The van der Waals surface area contributed by atoms with Gasteiger partial charge < -0.3 is 0 Å². The maximum atomic E-state index is 13.2. The number of hydrogen-bond donors (Lipinski definition) is 0. The van der Waals surface area contributed by atoms with Gasteiger partial charge in [0.1, 0.15) is 0 Å². The van der Waals surface area contributed by atoms with Gasteiger partial charge >= 0.3 is 137 Å². The quantitative estimate of drug-likeness (QED) is 0.509. The Bertz CT molecular complexity index is 1050. The molecule has 5 heteroatoms. The van der Waals surface area contributed by atoms with Gasteiger partial charge in [-0.3, -0.25) is 0 Å². The molecule has 0 amide bonds. The van der Waals surface area contributed by atoms with Crippen LogP contribution in [-0.4, -0.2) is 23.3 Å². The summed E-state index contributed by atoms with van der Waals surface area (Å²) in [7, 11) is 0. The van der Waals surface area contributed by atoms with E-state index in [-0.39, 0.29) is 26.1 Å². The summed E-state index contributed by atoms with van der Waals surface area (Å²) in [5.41, 5.74) is 1.65. The number of nitrogens with zero attached hydrogens (tertiary/aromatic N) is 2. The summed E-state index contributed by atoms with van der Waals surface area (Å²) in [5, 5.41) is 0.739. The molecule has 4 rings (SSSR count). The average Bonchev–Trinajstić information content (AvgIpc) is 2.93. The Labute approximate surface area is 137 Å². The molecule has 0 bridgehead atoms. The van der Waals surface area contributed by atoms with E-state index in [1.165, 1.54) is 12.1 Å². The number of halogens is 1.